The average Bonchev–Trinajstić information content (AvgIpc) is 3.23. The Bertz CT molecular complexity index is 1800. The Kier molecular flexibility index (Phi) is 6.88. The molecule has 0 bridgehead atoms. The molecule has 3 aromatic carbocycles. The topological polar surface area (TPSA) is 83.5 Å². The van der Waals surface area contributed by atoms with Gasteiger partial charge in [0.25, 0.3) is 5.91 Å². The molecule has 0 radical (unpaired) electrons. The van der Waals surface area contributed by atoms with E-state index in [1.807, 2.05) is 60.7 Å². The van der Waals surface area contributed by atoms with Crippen LogP contribution in [0.15, 0.2) is 101 Å². The van der Waals surface area contributed by atoms with Crippen molar-refractivity contribution >= 4 is 53.5 Å². The lowest BCUT2D eigenvalue weighted by atomic mass is 10.0. The summed E-state index contributed by atoms with van der Waals surface area (Å²) in [7, 11) is -3.75. The molecular formula is C30H25BrN4O3S. The second-order valence-corrected chi connectivity index (χ2v) is 12.3. The van der Waals surface area contributed by atoms with E-state index in [4.69, 9.17) is 4.98 Å². The van der Waals surface area contributed by atoms with E-state index in [0.717, 1.165) is 26.3 Å². The number of pyridine rings is 2. The van der Waals surface area contributed by atoms with E-state index in [-0.39, 0.29) is 17.3 Å². The van der Waals surface area contributed by atoms with Gasteiger partial charge in [0, 0.05) is 64.8 Å². The molecule has 1 fully saturated rings. The van der Waals surface area contributed by atoms with Crippen LogP contribution in [0.4, 0.5) is 0 Å². The molecule has 7 nitrogen and oxygen atoms in total. The normalized spacial score (nSPS) is 14.9. The van der Waals surface area contributed by atoms with Gasteiger partial charge in [-0.2, -0.15) is 4.31 Å². The van der Waals surface area contributed by atoms with Gasteiger partial charge in [0.1, 0.15) is 0 Å². The second kappa shape index (κ2) is 10.5. The minimum absolute atomic E-state index is 0.123. The Labute approximate surface area is 235 Å². The fraction of sp³-hybridized carbons (Fsp3) is 0.167. The van der Waals surface area contributed by atoms with Crippen LogP contribution in [0.2, 0.25) is 0 Å². The van der Waals surface area contributed by atoms with Crippen LogP contribution in [-0.2, 0) is 10.0 Å². The molecule has 39 heavy (non-hydrogen) atoms. The summed E-state index contributed by atoms with van der Waals surface area (Å²) < 4.78 is 29.8. The van der Waals surface area contributed by atoms with Crippen LogP contribution < -0.4 is 0 Å². The molecule has 1 saturated heterocycles. The predicted molar refractivity (Wildman–Crippen MR) is 156 cm³/mol. The minimum atomic E-state index is -3.75. The molecule has 1 amide bonds. The van der Waals surface area contributed by atoms with E-state index in [1.165, 1.54) is 4.31 Å². The molecule has 1 aliphatic heterocycles. The zero-order valence-corrected chi connectivity index (χ0v) is 23.4. The zero-order valence-electron chi connectivity index (χ0n) is 21.0. The monoisotopic (exact) mass is 600 g/mol. The van der Waals surface area contributed by atoms with Crippen LogP contribution in [0.3, 0.4) is 0 Å². The number of carbonyl (C=O) groups excluding carboxylic acids is 1. The third-order valence-corrected chi connectivity index (χ3v) is 9.57. The van der Waals surface area contributed by atoms with Gasteiger partial charge in [-0.3, -0.25) is 9.78 Å². The molecule has 3 heterocycles. The molecule has 0 atom stereocenters. The maximum absolute atomic E-state index is 13.9. The first-order chi connectivity index (χ1) is 18.9. The molecule has 0 aliphatic carbocycles. The van der Waals surface area contributed by atoms with Gasteiger partial charge in [-0.1, -0.05) is 58.4 Å². The summed E-state index contributed by atoms with van der Waals surface area (Å²) in [5, 5.41) is 2.20. The lowest BCUT2D eigenvalue weighted by molar-refractivity contribution is 0.0766. The molecule has 0 spiro atoms. The summed E-state index contributed by atoms with van der Waals surface area (Å²) in [6.45, 7) is 1.33. The van der Waals surface area contributed by atoms with Gasteiger partial charge in [-0.25, -0.2) is 13.4 Å². The second-order valence-electron chi connectivity index (χ2n) is 9.48. The number of halogens is 1. The van der Waals surface area contributed by atoms with Crippen molar-refractivity contribution in [1.29, 1.82) is 0 Å². The zero-order chi connectivity index (χ0) is 27.0. The number of hydrogen-bond acceptors (Lipinski definition) is 5. The number of aromatic nitrogens is 2. The van der Waals surface area contributed by atoms with Crippen molar-refractivity contribution < 1.29 is 13.2 Å². The number of para-hydroxylation sites is 1. The van der Waals surface area contributed by atoms with Crippen LogP contribution in [0.1, 0.15) is 16.8 Å². The molecule has 6 rings (SSSR count). The number of nitrogens with zero attached hydrogens (tertiary/aromatic N) is 4. The molecule has 1 aliphatic rings. The summed E-state index contributed by atoms with van der Waals surface area (Å²) in [6, 6.07) is 24.3. The summed E-state index contributed by atoms with van der Waals surface area (Å²) in [5.41, 5.74) is 2.94. The van der Waals surface area contributed by atoms with Crippen molar-refractivity contribution in [3.05, 3.63) is 101 Å². The highest BCUT2D eigenvalue weighted by atomic mass is 79.9. The standard InChI is InChI=1S/C30H25BrN4O3S/c31-23-11-9-21(10-12-23)28-19-26(25-6-1-2-7-27(25)33-28)30(36)34-15-4-16-35(18-17-34)39(37,38)29-8-3-5-22-20-32-14-13-24(22)29/h1-3,5-14,19-20H,4,15-18H2. The number of hydrogen-bond donors (Lipinski definition) is 0. The van der Waals surface area contributed by atoms with Crippen molar-refractivity contribution in [2.24, 2.45) is 0 Å². The third kappa shape index (κ3) is 4.93. The Morgan fingerprint density at radius 1 is 0.846 bits per heavy atom. The van der Waals surface area contributed by atoms with Crippen LogP contribution in [0, 0.1) is 0 Å². The van der Waals surface area contributed by atoms with Gasteiger partial charge in [-0.15, -0.1) is 0 Å². The number of sulfonamides is 1. The molecule has 0 saturated carbocycles. The Hall–Kier alpha value is -3.66. The smallest absolute Gasteiger partial charge is 0.254 e. The minimum Gasteiger partial charge on any atom is -0.337 e. The first-order valence-electron chi connectivity index (χ1n) is 12.7. The molecule has 0 N–H and O–H groups in total. The fourth-order valence-electron chi connectivity index (χ4n) is 5.09. The number of carbonyl (C=O) groups is 1. The summed E-state index contributed by atoms with van der Waals surface area (Å²) in [5.74, 6) is -0.123. The Morgan fingerprint density at radius 3 is 2.51 bits per heavy atom. The van der Waals surface area contributed by atoms with Crippen molar-refractivity contribution in [3.63, 3.8) is 0 Å². The quantitative estimate of drug-likeness (QED) is 0.262. The van der Waals surface area contributed by atoms with Gasteiger partial charge < -0.3 is 4.90 Å². The lowest BCUT2D eigenvalue weighted by Gasteiger charge is -2.23. The number of amides is 1. The summed E-state index contributed by atoms with van der Waals surface area (Å²) >= 11 is 3.47. The van der Waals surface area contributed by atoms with E-state index in [2.05, 4.69) is 20.9 Å². The maximum Gasteiger partial charge on any atom is 0.254 e. The first-order valence-corrected chi connectivity index (χ1v) is 14.9. The third-order valence-electron chi connectivity index (χ3n) is 7.09. The predicted octanol–water partition coefficient (Wildman–Crippen LogP) is 5.75. The van der Waals surface area contributed by atoms with Crippen LogP contribution >= 0.6 is 15.9 Å². The van der Waals surface area contributed by atoms with Crippen LogP contribution in [0.5, 0.6) is 0 Å². The van der Waals surface area contributed by atoms with Gasteiger partial charge in [-0.05, 0) is 42.8 Å². The summed E-state index contributed by atoms with van der Waals surface area (Å²) in [6.07, 6.45) is 3.81. The lowest BCUT2D eigenvalue weighted by Crippen LogP contribution is -2.37. The molecule has 5 aromatic rings. The number of rotatable bonds is 4. The van der Waals surface area contributed by atoms with E-state index in [1.54, 1.807) is 35.5 Å². The van der Waals surface area contributed by atoms with Gasteiger partial charge in [0.05, 0.1) is 21.7 Å². The average molecular weight is 602 g/mol. The van der Waals surface area contributed by atoms with E-state index >= 15 is 0 Å². The molecular weight excluding hydrogens is 576 g/mol. The molecule has 9 heteroatoms. The van der Waals surface area contributed by atoms with Crippen LogP contribution in [0.25, 0.3) is 32.9 Å². The number of fused-ring (bicyclic) bond motifs is 2. The van der Waals surface area contributed by atoms with Crippen molar-refractivity contribution in [2.45, 2.75) is 11.3 Å². The Balaban J connectivity index is 1.30. The largest absolute Gasteiger partial charge is 0.337 e. The van der Waals surface area contributed by atoms with E-state index < -0.39 is 10.0 Å². The maximum atomic E-state index is 13.9. The highest BCUT2D eigenvalue weighted by molar-refractivity contribution is 9.10. The first kappa shape index (κ1) is 25.6. The van der Waals surface area contributed by atoms with Crippen LogP contribution in [-0.4, -0.2) is 59.7 Å². The number of benzene rings is 3. The molecule has 196 valence electrons. The van der Waals surface area contributed by atoms with Gasteiger partial charge in [0.15, 0.2) is 0 Å². The molecule has 2 aromatic heterocycles. The van der Waals surface area contributed by atoms with Gasteiger partial charge >= 0.3 is 0 Å². The van der Waals surface area contributed by atoms with Crippen molar-refractivity contribution in [3.8, 4) is 11.3 Å². The van der Waals surface area contributed by atoms with E-state index in [9.17, 15) is 13.2 Å². The van der Waals surface area contributed by atoms with Crippen molar-refractivity contribution in [2.75, 3.05) is 26.2 Å². The highest BCUT2D eigenvalue weighted by Crippen LogP contribution is 2.29. The highest BCUT2D eigenvalue weighted by Gasteiger charge is 2.30. The van der Waals surface area contributed by atoms with E-state index in [0.29, 0.717) is 42.7 Å². The Morgan fingerprint density at radius 2 is 1.67 bits per heavy atom. The van der Waals surface area contributed by atoms with Crippen molar-refractivity contribution in [1.82, 2.24) is 19.2 Å². The SMILES string of the molecule is O=C(c1cc(-c2ccc(Br)cc2)nc2ccccc12)N1CCCN(S(=O)(=O)c2cccc3cnccc23)CC1. The fourth-order valence-corrected chi connectivity index (χ4v) is 7.03. The van der Waals surface area contributed by atoms with Gasteiger partial charge in [0.2, 0.25) is 10.0 Å². The molecule has 0 unspecified atom stereocenters. The summed E-state index contributed by atoms with van der Waals surface area (Å²) in [4.78, 5) is 24.9.